The summed E-state index contributed by atoms with van der Waals surface area (Å²) in [6, 6.07) is 0. The Hall–Kier alpha value is 0.0300. The number of halogens is 1. The van der Waals surface area contributed by atoms with Crippen LogP contribution in [0.4, 0.5) is 0 Å². The van der Waals surface area contributed by atoms with Crippen LogP contribution in [0.3, 0.4) is 0 Å². The van der Waals surface area contributed by atoms with Gasteiger partial charge in [0.25, 0.3) is 0 Å². The fourth-order valence-electron chi connectivity index (χ4n) is 0.398. The van der Waals surface area contributed by atoms with Crippen molar-refractivity contribution in [2.24, 2.45) is 0 Å². The molecule has 1 heteroatoms. The minimum absolute atomic E-state index is 0.157. The molecule has 0 saturated carbocycles. The van der Waals surface area contributed by atoms with Gasteiger partial charge in [-0.2, -0.15) is 0 Å². The van der Waals surface area contributed by atoms with Gasteiger partial charge < -0.3 is 0 Å². The number of rotatable bonds is 2. The summed E-state index contributed by atoms with van der Waals surface area (Å²) in [7, 11) is 0. The normalized spacial score (nSPS) is 13.0. The predicted molar refractivity (Wildman–Crippen MR) is 39.4 cm³/mol. The third kappa shape index (κ3) is 6.03. The van der Waals surface area contributed by atoms with Gasteiger partial charge in [-0.3, -0.25) is 0 Å². The van der Waals surface area contributed by atoms with Crippen LogP contribution in [-0.4, -0.2) is 4.87 Å². The molecule has 0 aromatic carbocycles. The second kappa shape index (κ2) is 3.13. The summed E-state index contributed by atoms with van der Waals surface area (Å²) in [5, 5.41) is 0. The summed E-state index contributed by atoms with van der Waals surface area (Å²) in [6.07, 6.45) is 5.15. The fraction of sp³-hybridized carbons (Fsp3) is 0.714. The Morgan fingerprint density at radius 3 is 2.12 bits per heavy atom. The SMILES string of the molecule is CC/C=C/C(C)(C)Cl. The molecule has 0 atom stereocenters. The zero-order valence-electron chi connectivity index (χ0n) is 5.74. The van der Waals surface area contributed by atoms with Crippen LogP contribution in [-0.2, 0) is 0 Å². The maximum Gasteiger partial charge on any atom is 0.0569 e. The van der Waals surface area contributed by atoms with Crippen molar-refractivity contribution in [3.8, 4) is 0 Å². The van der Waals surface area contributed by atoms with Crippen LogP contribution in [0, 0.1) is 0 Å². The molecule has 0 fully saturated rings. The Morgan fingerprint density at radius 2 is 2.00 bits per heavy atom. The molecular formula is C7H13Cl. The average Bonchev–Trinajstić information content (AvgIpc) is 1.59. The van der Waals surface area contributed by atoms with Gasteiger partial charge in [-0.25, -0.2) is 0 Å². The molecule has 0 aliphatic carbocycles. The summed E-state index contributed by atoms with van der Waals surface area (Å²) in [5.41, 5.74) is 0. The topological polar surface area (TPSA) is 0 Å². The summed E-state index contributed by atoms with van der Waals surface area (Å²) in [4.78, 5) is -0.157. The zero-order chi connectivity index (χ0) is 6.62. The summed E-state index contributed by atoms with van der Waals surface area (Å²) >= 11 is 5.83. The Balaban J connectivity index is 3.52. The molecule has 0 N–H and O–H groups in total. The quantitative estimate of drug-likeness (QED) is 0.400. The standard InChI is InChI=1S/C7H13Cl/c1-4-5-6-7(2,3)8/h5-6H,4H2,1-3H3/b6-5+. The molecule has 0 aliphatic rings. The second-order valence-corrected chi connectivity index (χ2v) is 3.35. The highest BCUT2D eigenvalue weighted by Crippen LogP contribution is 2.13. The highest BCUT2D eigenvalue weighted by molar-refractivity contribution is 6.24. The highest BCUT2D eigenvalue weighted by atomic mass is 35.5. The fourth-order valence-corrected chi connectivity index (χ4v) is 0.487. The molecule has 0 rings (SSSR count). The Bertz CT molecular complexity index is 76.9. The Kier molecular flexibility index (Phi) is 3.15. The Morgan fingerprint density at radius 1 is 1.50 bits per heavy atom. The van der Waals surface area contributed by atoms with E-state index in [4.69, 9.17) is 11.6 Å². The summed E-state index contributed by atoms with van der Waals surface area (Å²) < 4.78 is 0. The maximum absolute atomic E-state index is 5.83. The number of hydrogen-bond acceptors (Lipinski definition) is 0. The molecular weight excluding hydrogens is 120 g/mol. The molecule has 48 valence electrons. The van der Waals surface area contributed by atoms with Gasteiger partial charge in [0, 0.05) is 0 Å². The molecule has 0 heterocycles. The first-order chi connectivity index (χ1) is 3.56. The van der Waals surface area contributed by atoms with Crippen LogP contribution in [0.25, 0.3) is 0 Å². The Labute approximate surface area is 56.5 Å². The van der Waals surface area contributed by atoms with E-state index in [0.717, 1.165) is 6.42 Å². The van der Waals surface area contributed by atoms with Gasteiger partial charge in [-0.05, 0) is 20.3 Å². The van der Waals surface area contributed by atoms with E-state index in [2.05, 4.69) is 13.0 Å². The molecule has 0 nitrogen and oxygen atoms in total. The summed E-state index contributed by atoms with van der Waals surface area (Å²) in [6.45, 7) is 6.04. The zero-order valence-corrected chi connectivity index (χ0v) is 6.50. The van der Waals surface area contributed by atoms with Crippen LogP contribution in [0.1, 0.15) is 27.2 Å². The molecule has 0 spiro atoms. The van der Waals surface area contributed by atoms with Crippen molar-refractivity contribution in [3.63, 3.8) is 0 Å². The third-order valence-corrected chi connectivity index (χ3v) is 0.876. The predicted octanol–water partition coefficient (Wildman–Crippen LogP) is 2.97. The number of hydrogen-bond donors (Lipinski definition) is 0. The molecule has 0 aromatic heterocycles. The van der Waals surface area contributed by atoms with Crippen molar-refractivity contribution >= 4 is 11.6 Å². The van der Waals surface area contributed by atoms with E-state index in [9.17, 15) is 0 Å². The van der Waals surface area contributed by atoms with Crippen molar-refractivity contribution in [2.45, 2.75) is 32.1 Å². The van der Waals surface area contributed by atoms with E-state index >= 15 is 0 Å². The van der Waals surface area contributed by atoms with Crippen LogP contribution in [0.15, 0.2) is 12.2 Å². The lowest BCUT2D eigenvalue weighted by Gasteiger charge is -2.06. The maximum atomic E-state index is 5.83. The van der Waals surface area contributed by atoms with Gasteiger partial charge in [-0.15, -0.1) is 11.6 Å². The molecule has 0 unspecified atom stereocenters. The number of allylic oxidation sites excluding steroid dienone is 2. The van der Waals surface area contributed by atoms with Crippen LogP contribution < -0.4 is 0 Å². The second-order valence-electron chi connectivity index (χ2n) is 2.38. The van der Waals surface area contributed by atoms with E-state index in [-0.39, 0.29) is 4.87 Å². The van der Waals surface area contributed by atoms with E-state index in [0.29, 0.717) is 0 Å². The van der Waals surface area contributed by atoms with Crippen LogP contribution >= 0.6 is 11.6 Å². The minimum atomic E-state index is -0.157. The van der Waals surface area contributed by atoms with Gasteiger partial charge in [0.1, 0.15) is 0 Å². The van der Waals surface area contributed by atoms with E-state index in [1.807, 2.05) is 19.9 Å². The minimum Gasteiger partial charge on any atom is -0.115 e. The van der Waals surface area contributed by atoms with Gasteiger partial charge >= 0.3 is 0 Å². The van der Waals surface area contributed by atoms with Crippen LogP contribution in [0.5, 0.6) is 0 Å². The molecule has 0 saturated heterocycles. The lowest BCUT2D eigenvalue weighted by molar-refractivity contribution is 0.875. The van der Waals surface area contributed by atoms with Gasteiger partial charge in [0.05, 0.1) is 4.87 Å². The van der Waals surface area contributed by atoms with Gasteiger partial charge in [0.2, 0.25) is 0 Å². The van der Waals surface area contributed by atoms with Crippen molar-refractivity contribution in [1.29, 1.82) is 0 Å². The van der Waals surface area contributed by atoms with Crippen molar-refractivity contribution < 1.29 is 0 Å². The van der Waals surface area contributed by atoms with Crippen molar-refractivity contribution in [1.82, 2.24) is 0 Å². The molecule has 0 bridgehead atoms. The lowest BCUT2D eigenvalue weighted by Crippen LogP contribution is -2.03. The smallest absolute Gasteiger partial charge is 0.0569 e. The molecule has 8 heavy (non-hydrogen) atoms. The van der Waals surface area contributed by atoms with Gasteiger partial charge in [-0.1, -0.05) is 19.1 Å². The first kappa shape index (κ1) is 8.03. The highest BCUT2D eigenvalue weighted by Gasteiger charge is 2.04. The largest absolute Gasteiger partial charge is 0.115 e. The van der Waals surface area contributed by atoms with E-state index in [1.54, 1.807) is 0 Å². The van der Waals surface area contributed by atoms with E-state index in [1.165, 1.54) is 0 Å². The van der Waals surface area contributed by atoms with Crippen molar-refractivity contribution in [2.75, 3.05) is 0 Å². The molecule has 0 radical (unpaired) electrons. The monoisotopic (exact) mass is 132 g/mol. The lowest BCUT2D eigenvalue weighted by atomic mass is 10.2. The summed E-state index contributed by atoms with van der Waals surface area (Å²) in [5.74, 6) is 0. The number of alkyl halides is 1. The van der Waals surface area contributed by atoms with Gasteiger partial charge in [0.15, 0.2) is 0 Å². The first-order valence-electron chi connectivity index (χ1n) is 2.93. The van der Waals surface area contributed by atoms with Crippen LogP contribution in [0.2, 0.25) is 0 Å². The molecule has 0 aliphatic heterocycles. The molecule has 0 aromatic rings. The molecule has 0 amide bonds. The average molecular weight is 133 g/mol. The van der Waals surface area contributed by atoms with E-state index < -0.39 is 0 Å². The third-order valence-electron chi connectivity index (χ3n) is 0.750. The van der Waals surface area contributed by atoms with Crippen molar-refractivity contribution in [3.05, 3.63) is 12.2 Å². The first-order valence-corrected chi connectivity index (χ1v) is 3.30.